The van der Waals surface area contributed by atoms with Crippen molar-refractivity contribution < 1.29 is 9.53 Å². The molecule has 1 aromatic heterocycles. The molecule has 0 bridgehead atoms. The van der Waals surface area contributed by atoms with Crippen molar-refractivity contribution in [2.75, 3.05) is 19.7 Å². The van der Waals surface area contributed by atoms with E-state index in [0.29, 0.717) is 19.1 Å². The van der Waals surface area contributed by atoms with Gasteiger partial charge in [-0.05, 0) is 24.5 Å². The van der Waals surface area contributed by atoms with Crippen LogP contribution in [-0.4, -0.2) is 40.5 Å². The van der Waals surface area contributed by atoms with Crippen LogP contribution in [0.25, 0.3) is 0 Å². The number of likely N-dealkylation sites (tertiary alicyclic amines) is 1. The van der Waals surface area contributed by atoms with Crippen molar-refractivity contribution in [3.8, 4) is 0 Å². The molecule has 1 fully saturated rings. The molecule has 0 saturated carbocycles. The Bertz CT molecular complexity index is 619. The summed E-state index contributed by atoms with van der Waals surface area (Å²) in [5.74, 6) is 0.351. The molecule has 0 radical (unpaired) electrons. The molecule has 1 aliphatic heterocycles. The van der Waals surface area contributed by atoms with E-state index in [0.717, 1.165) is 30.6 Å². The number of benzene rings is 1. The summed E-state index contributed by atoms with van der Waals surface area (Å²) in [5.41, 5.74) is 2.10. The summed E-state index contributed by atoms with van der Waals surface area (Å²) in [4.78, 5) is 22.5. The molecule has 0 aliphatic carbocycles. The van der Waals surface area contributed by atoms with E-state index in [1.54, 1.807) is 12.5 Å². The molecule has 5 nitrogen and oxygen atoms in total. The molecular weight excluding hydrogens is 290 g/mol. The molecule has 1 amide bonds. The number of amides is 1. The van der Waals surface area contributed by atoms with Gasteiger partial charge in [-0.15, -0.1) is 0 Å². The molecule has 2 aromatic rings. The maximum absolute atomic E-state index is 12.3. The minimum Gasteiger partial charge on any atom is -0.367 e. The van der Waals surface area contributed by atoms with Gasteiger partial charge in [0.25, 0.3) is 0 Å². The molecule has 1 aromatic carbocycles. The Hall–Kier alpha value is -2.27. The van der Waals surface area contributed by atoms with Crippen LogP contribution in [0.1, 0.15) is 30.0 Å². The molecule has 1 aliphatic rings. The lowest BCUT2D eigenvalue weighted by atomic mass is 9.94. The van der Waals surface area contributed by atoms with Crippen LogP contribution in [-0.2, 0) is 16.1 Å². The van der Waals surface area contributed by atoms with E-state index < -0.39 is 0 Å². The zero-order valence-corrected chi connectivity index (χ0v) is 13.1. The van der Waals surface area contributed by atoms with Crippen molar-refractivity contribution in [1.82, 2.24) is 14.9 Å². The number of rotatable bonds is 5. The highest BCUT2D eigenvalue weighted by molar-refractivity contribution is 5.77. The number of piperidine rings is 1. The summed E-state index contributed by atoms with van der Waals surface area (Å²) in [6.45, 7) is 2.11. The van der Waals surface area contributed by atoms with Crippen LogP contribution in [0, 0.1) is 0 Å². The average molecular weight is 311 g/mol. The Balaban J connectivity index is 1.49. The third kappa shape index (κ3) is 4.36. The average Bonchev–Trinajstić information content (AvgIpc) is 2.63. The van der Waals surface area contributed by atoms with E-state index in [1.807, 2.05) is 41.3 Å². The molecule has 5 heteroatoms. The molecule has 120 valence electrons. The number of hydrogen-bond acceptors (Lipinski definition) is 4. The minimum atomic E-state index is 0.0553. The predicted octanol–water partition coefficient (Wildman–Crippen LogP) is 2.40. The van der Waals surface area contributed by atoms with Gasteiger partial charge in [0.15, 0.2) is 0 Å². The van der Waals surface area contributed by atoms with Crippen LogP contribution in [0.5, 0.6) is 0 Å². The first kappa shape index (κ1) is 15.6. The van der Waals surface area contributed by atoms with Gasteiger partial charge >= 0.3 is 0 Å². The van der Waals surface area contributed by atoms with Gasteiger partial charge in [-0.2, -0.15) is 0 Å². The molecule has 0 N–H and O–H groups in total. The summed E-state index contributed by atoms with van der Waals surface area (Å²) >= 11 is 0. The first-order chi connectivity index (χ1) is 11.3. The van der Waals surface area contributed by atoms with Crippen LogP contribution in [0.15, 0.2) is 48.9 Å². The lowest BCUT2D eigenvalue weighted by Crippen LogP contribution is -2.41. The second kappa shape index (κ2) is 7.83. The quantitative estimate of drug-likeness (QED) is 0.851. The van der Waals surface area contributed by atoms with Crippen LogP contribution in [0.2, 0.25) is 0 Å². The van der Waals surface area contributed by atoms with Crippen LogP contribution < -0.4 is 0 Å². The van der Waals surface area contributed by atoms with E-state index in [9.17, 15) is 4.79 Å². The van der Waals surface area contributed by atoms with Gasteiger partial charge in [0.1, 0.15) is 12.9 Å². The number of carbonyl (C=O) groups excluding carboxylic acids is 1. The number of hydrogen-bond donors (Lipinski definition) is 0. The molecule has 1 atom stereocenters. The summed E-state index contributed by atoms with van der Waals surface area (Å²) in [6.07, 6.45) is 5.38. The zero-order chi connectivity index (χ0) is 15.9. The number of aromatic nitrogens is 2. The van der Waals surface area contributed by atoms with Crippen molar-refractivity contribution in [2.45, 2.75) is 25.4 Å². The zero-order valence-electron chi connectivity index (χ0n) is 13.1. The highest BCUT2D eigenvalue weighted by Gasteiger charge is 2.25. The van der Waals surface area contributed by atoms with Crippen LogP contribution in [0.4, 0.5) is 0 Å². The molecule has 2 heterocycles. The fourth-order valence-corrected chi connectivity index (χ4v) is 2.91. The molecular formula is C18H21N3O2. The first-order valence-corrected chi connectivity index (χ1v) is 7.98. The lowest BCUT2D eigenvalue weighted by molar-refractivity contribution is -0.137. The topological polar surface area (TPSA) is 55.3 Å². The van der Waals surface area contributed by atoms with Gasteiger partial charge in [0.2, 0.25) is 5.91 Å². The van der Waals surface area contributed by atoms with Gasteiger partial charge < -0.3 is 9.64 Å². The minimum absolute atomic E-state index is 0.0553. The fraction of sp³-hybridized carbons (Fsp3) is 0.389. The highest BCUT2D eigenvalue weighted by Crippen LogP contribution is 2.25. The molecule has 3 rings (SSSR count). The summed E-state index contributed by atoms with van der Waals surface area (Å²) in [5, 5.41) is 0. The third-order valence-corrected chi connectivity index (χ3v) is 4.13. The van der Waals surface area contributed by atoms with Crippen molar-refractivity contribution in [3.05, 3.63) is 60.2 Å². The first-order valence-electron chi connectivity index (χ1n) is 7.98. The van der Waals surface area contributed by atoms with Crippen molar-refractivity contribution in [1.29, 1.82) is 0 Å². The van der Waals surface area contributed by atoms with Gasteiger partial charge in [0.05, 0.1) is 6.61 Å². The smallest absolute Gasteiger partial charge is 0.248 e. The normalized spacial score (nSPS) is 17.9. The standard InChI is InChI=1S/C18H21N3O2/c22-18(13-23-12-15-5-2-1-3-6-15)21-10-4-7-16(11-21)17-8-9-19-14-20-17/h1-3,5-6,8-9,14,16H,4,7,10-13H2. The van der Waals surface area contributed by atoms with Crippen LogP contribution in [0.3, 0.4) is 0 Å². The van der Waals surface area contributed by atoms with Crippen LogP contribution >= 0.6 is 0 Å². The number of carbonyl (C=O) groups is 1. The second-order valence-electron chi connectivity index (χ2n) is 5.79. The molecule has 1 unspecified atom stereocenters. The SMILES string of the molecule is O=C(COCc1ccccc1)N1CCCC(c2ccncn2)C1. The maximum Gasteiger partial charge on any atom is 0.248 e. The van der Waals surface area contributed by atoms with E-state index in [1.165, 1.54) is 0 Å². The van der Waals surface area contributed by atoms with E-state index in [2.05, 4.69) is 9.97 Å². The van der Waals surface area contributed by atoms with Gasteiger partial charge in [-0.1, -0.05) is 30.3 Å². The summed E-state index contributed by atoms with van der Waals surface area (Å²) in [7, 11) is 0. The Morgan fingerprint density at radius 2 is 2.13 bits per heavy atom. The number of ether oxygens (including phenoxy) is 1. The van der Waals surface area contributed by atoms with E-state index >= 15 is 0 Å². The second-order valence-corrected chi connectivity index (χ2v) is 5.79. The van der Waals surface area contributed by atoms with Gasteiger partial charge in [-0.3, -0.25) is 4.79 Å². The Labute approximate surface area is 136 Å². The lowest BCUT2D eigenvalue weighted by Gasteiger charge is -2.32. The maximum atomic E-state index is 12.3. The predicted molar refractivity (Wildman–Crippen MR) is 86.7 cm³/mol. The Kier molecular flexibility index (Phi) is 5.32. The van der Waals surface area contributed by atoms with Crippen molar-refractivity contribution >= 4 is 5.91 Å². The Morgan fingerprint density at radius 1 is 1.26 bits per heavy atom. The van der Waals surface area contributed by atoms with Crippen molar-refractivity contribution in [2.24, 2.45) is 0 Å². The molecule has 1 saturated heterocycles. The highest BCUT2D eigenvalue weighted by atomic mass is 16.5. The number of nitrogens with zero attached hydrogens (tertiary/aromatic N) is 3. The third-order valence-electron chi connectivity index (χ3n) is 4.13. The Morgan fingerprint density at radius 3 is 2.91 bits per heavy atom. The summed E-state index contributed by atoms with van der Waals surface area (Å²) < 4.78 is 5.56. The van der Waals surface area contributed by atoms with Gasteiger partial charge in [0, 0.05) is 30.9 Å². The fourth-order valence-electron chi connectivity index (χ4n) is 2.91. The van der Waals surface area contributed by atoms with E-state index in [-0.39, 0.29) is 12.5 Å². The largest absolute Gasteiger partial charge is 0.367 e. The monoisotopic (exact) mass is 311 g/mol. The molecule has 0 spiro atoms. The summed E-state index contributed by atoms with van der Waals surface area (Å²) in [6, 6.07) is 11.8. The molecule has 23 heavy (non-hydrogen) atoms. The van der Waals surface area contributed by atoms with Gasteiger partial charge in [-0.25, -0.2) is 9.97 Å². The van der Waals surface area contributed by atoms with E-state index in [4.69, 9.17) is 4.74 Å². The van der Waals surface area contributed by atoms with Crippen molar-refractivity contribution in [3.63, 3.8) is 0 Å².